The fourth-order valence-electron chi connectivity index (χ4n) is 3.00. The summed E-state index contributed by atoms with van der Waals surface area (Å²) in [5.41, 5.74) is 1.90. The number of rotatable bonds is 4. The van der Waals surface area contributed by atoms with Crippen LogP contribution in [0, 0.1) is 5.92 Å². The molecule has 2 heterocycles. The molecule has 0 saturated carbocycles. The number of nitrogens with one attached hydrogen (secondary N) is 1. The standard InChI is InChI=1S/C19H21N3O2/c1-2-17(23)22-12-10-15(13-22)19(24)21-18-16(9-6-11-20-18)14-7-4-3-5-8-14/h3-9,11,15H,2,10,12-13H2,1H3,(H,20,21,24). The lowest BCUT2D eigenvalue weighted by atomic mass is 10.1. The molecule has 0 aliphatic carbocycles. The predicted molar refractivity (Wildman–Crippen MR) is 93.3 cm³/mol. The van der Waals surface area contributed by atoms with Crippen LogP contribution in [-0.2, 0) is 9.59 Å². The van der Waals surface area contributed by atoms with E-state index in [2.05, 4.69) is 10.3 Å². The van der Waals surface area contributed by atoms with E-state index in [0.717, 1.165) is 11.1 Å². The van der Waals surface area contributed by atoms with Crippen molar-refractivity contribution in [2.75, 3.05) is 18.4 Å². The van der Waals surface area contributed by atoms with Gasteiger partial charge >= 0.3 is 0 Å². The van der Waals surface area contributed by atoms with Gasteiger partial charge in [0.1, 0.15) is 5.82 Å². The summed E-state index contributed by atoms with van der Waals surface area (Å²) >= 11 is 0. The lowest BCUT2D eigenvalue weighted by Crippen LogP contribution is -2.31. The summed E-state index contributed by atoms with van der Waals surface area (Å²) in [4.78, 5) is 30.4. The van der Waals surface area contributed by atoms with Gasteiger partial charge < -0.3 is 10.2 Å². The van der Waals surface area contributed by atoms with E-state index in [1.54, 1.807) is 11.1 Å². The van der Waals surface area contributed by atoms with Crippen LogP contribution in [-0.4, -0.2) is 34.8 Å². The fraction of sp³-hybridized carbons (Fsp3) is 0.316. The van der Waals surface area contributed by atoms with E-state index in [0.29, 0.717) is 31.7 Å². The van der Waals surface area contributed by atoms with Crippen molar-refractivity contribution in [1.82, 2.24) is 9.88 Å². The Balaban J connectivity index is 1.73. The summed E-state index contributed by atoms with van der Waals surface area (Å²) in [6.07, 6.45) is 2.85. The largest absolute Gasteiger partial charge is 0.342 e. The van der Waals surface area contributed by atoms with Crippen LogP contribution in [0.1, 0.15) is 19.8 Å². The summed E-state index contributed by atoms with van der Waals surface area (Å²) in [5.74, 6) is 0.422. The van der Waals surface area contributed by atoms with Gasteiger partial charge in [0.2, 0.25) is 11.8 Å². The summed E-state index contributed by atoms with van der Waals surface area (Å²) in [7, 11) is 0. The summed E-state index contributed by atoms with van der Waals surface area (Å²) in [6.45, 7) is 2.99. The molecule has 3 rings (SSSR count). The van der Waals surface area contributed by atoms with Gasteiger partial charge in [-0.2, -0.15) is 0 Å². The molecule has 2 aromatic rings. The first kappa shape index (κ1) is 16.2. The number of anilines is 1. The molecule has 2 amide bonds. The van der Waals surface area contributed by atoms with Gasteiger partial charge in [-0.1, -0.05) is 37.3 Å². The van der Waals surface area contributed by atoms with Crippen LogP contribution in [0.25, 0.3) is 11.1 Å². The molecule has 0 radical (unpaired) electrons. The average Bonchev–Trinajstić information content (AvgIpc) is 3.12. The Kier molecular flexibility index (Phi) is 4.89. The number of benzene rings is 1. The fourth-order valence-corrected chi connectivity index (χ4v) is 3.00. The Morgan fingerprint density at radius 1 is 1.21 bits per heavy atom. The first-order valence-corrected chi connectivity index (χ1v) is 8.28. The molecule has 1 unspecified atom stereocenters. The zero-order valence-corrected chi connectivity index (χ0v) is 13.7. The summed E-state index contributed by atoms with van der Waals surface area (Å²) in [6, 6.07) is 13.6. The molecule has 1 fully saturated rings. The second kappa shape index (κ2) is 7.25. The maximum atomic E-state index is 12.6. The Hall–Kier alpha value is -2.69. The van der Waals surface area contributed by atoms with E-state index in [-0.39, 0.29) is 17.7 Å². The van der Waals surface area contributed by atoms with Crippen LogP contribution in [0.4, 0.5) is 5.82 Å². The third-order valence-corrected chi connectivity index (χ3v) is 4.35. The van der Waals surface area contributed by atoms with Crippen molar-refractivity contribution in [1.29, 1.82) is 0 Å². The van der Waals surface area contributed by atoms with E-state index >= 15 is 0 Å². The minimum atomic E-state index is -0.175. The van der Waals surface area contributed by atoms with Crippen molar-refractivity contribution in [2.24, 2.45) is 5.92 Å². The van der Waals surface area contributed by atoms with Gasteiger partial charge in [0, 0.05) is 31.3 Å². The highest BCUT2D eigenvalue weighted by Crippen LogP contribution is 2.27. The molecule has 24 heavy (non-hydrogen) atoms. The molecule has 1 atom stereocenters. The second-order valence-electron chi connectivity index (χ2n) is 5.93. The SMILES string of the molecule is CCC(=O)N1CCC(C(=O)Nc2ncccc2-c2ccccc2)C1. The van der Waals surface area contributed by atoms with Crippen molar-refractivity contribution < 1.29 is 9.59 Å². The van der Waals surface area contributed by atoms with E-state index in [1.165, 1.54) is 0 Å². The smallest absolute Gasteiger partial charge is 0.230 e. The summed E-state index contributed by atoms with van der Waals surface area (Å²) < 4.78 is 0. The number of pyridine rings is 1. The quantitative estimate of drug-likeness (QED) is 0.941. The minimum Gasteiger partial charge on any atom is -0.342 e. The molecule has 1 N–H and O–H groups in total. The van der Waals surface area contributed by atoms with Gasteiger partial charge in [-0.25, -0.2) is 4.98 Å². The molecule has 0 spiro atoms. The monoisotopic (exact) mass is 323 g/mol. The Bertz CT molecular complexity index is 730. The first-order chi connectivity index (χ1) is 11.7. The molecular weight excluding hydrogens is 302 g/mol. The highest BCUT2D eigenvalue weighted by atomic mass is 16.2. The van der Waals surface area contributed by atoms with Gasteiger partial charge in [0.05, 0.1) is 5.92 Å². The number of aromatic nitrogens is 1. The van der Waals surface area contributed by atoms with Crippen LogP contribution in [0.2, 0.25) is 0 Å². The van der Waals surface area contributed by atoms with E-state index < -0.39 is 0 Å². The number of amides is 2. The molecular formula is C19H21N3O2. The Morgan fingerprint density at radius 2 is 2.00 bits per heavy atom. The number of carbonyl (C=O) groups excluding carboxylic acids is 2. The number of nitrogens with zero attached hydrogens (tertiary/aromatic N) is 2. The topological polar surface area (TPSA) is 62.3 Å². The number of likely N-dealkylation sites (tertiary alicyclic amines) is 1. The second-order valence-corrected chi connectivity index (χ2v) is 5.93. The molecule has 1 aromatic carbocycles. The van der Waals surface area contributed by atoms with Crippen LogP contribution >= 0.6 is 0 Å². The number of hydrogen-bond donors (Lipinski definition) is 1. The third kappa shape index (κ3) is 3.45. The van der Waals surface area contributed by atoms with E-state index in [1.807, 2.05) is 49.4 Å². The summed E-state index contributed by atoms with van der Waals surface area (Å²) in [5, 5.41) is 2.94. The highest BCUT2D eigenvalue weighted by molar-refractivity contribution is 5.96. The van der Waals surface area contributed by atoms with E-state index in [4.69, 9.17) is 0 Å². The van der Waals surface area contributed by atoms with Crippen molar-refractivity contribution in [3.05, 3.63) is 48.7 Å². The molecule has 1 aliphatic heterocycles. The first-order valence-electron chi connectivity index (χ1n) is 8.28. The average molecular weight is 323 g/mol. The molecule has 5 heteroatoms. The molecule has 5 nitrogen and oxygen atoms in total. The van der Waals surface area contributed by atoms with Gasteiger partial charge in [-0.3, -0.25) is 9.59 Å². The van der Waals surface area contributed by atoms with Crippen LogP contribution in [0.3, 0.4) is 0 Å². The van der Waals surface area contributed by atoms with Crippen molar-refractivity contribution >= 4 is 17.6 Å². The van der Waals surface area contributed by atoms with Gasteiger partial charge in [-0.05, 0) is 24.1 Å². The molecule has 0 bridgehead atoms. The van der Waals surface area contributed by atoms with Crippen molar-refractivity contribution in [2.45, 2.75) is 19.8 Å². The van der Waals surface area contributed by atoms with Gasteiger partial charge in [0.15, 0.2) is 0 Å². The maximum Gasteiger partial charge on any atom is 0.230 e. The van der Waals surface area contributed by atoms with Crippen LogP contribution < -0.4 is 5.32 Å². The third-order valence-electron chi connectivity index (χ3n) is 4.35. The Labute approximate surface area is 141 Å². The van der Waals surface area contributed by atoms with Crippen LogP contribution in [0.5, 0.6) is 0 Å². The van der Waals surface area contributed by atoms with Crippen molar-refractivity contribution in [3.8, 4) is 11.1 Å². The molecule has 1 aliphatic rings. The number of carbonyl (C=O) groups is 2. The zero-order chi connectivity index (χ0) is 16.9. The predicted octanol–water partition coefficient (Wildman–Crippen LogP) is 2.95. The Morgan fingerprint density at radius 3 is 2.75 bits per heavy atom. The maximum absolute atomic E-state index is 12.6. The van der Waals surface area contributed by atoms with Gasteiger partial charge in [-0.15, -0.1) is 0 Å². The molecule has 1 saturated heterocycles. The number of hydrogen-bond acceptors (Lipinski definition) is 3. The van der Waals surface area contributed by atoms with Gasteiger partial charge in [0.25, 0.3) is 0 Å². The lowest BCUT2D eigenvalue weighted by molar-refractivity contribution is -0.130. The van der Waals surface area contributed by atoms with Crippen molar-refractivity contribution in [3.63, 3.8) is 0 Å². The highest BCUT2D eigenvalue weighted by Gasteiger charge is 2.30. The van der Waals surface area contributed by atoms with E-state index in [9.17, 15) is 9.59 Å². The zero-order valence-electron chi connectivity index (χ0n) is 13.7. The molecule has 1 aromatic heterocycles. The van der Waals surface area contributed by atoms with Crippen LogP contribution in [0.15, 0.2) is 48.7 Å². The lowest BCUT2D eigenvalue weighted by Gasteiger charge is -2.16. The molecule has 124 valence electrons. The normalized spacial score (nSPS) is 16.9. The minimum absolute atomic E-state index is 0.0720.